The van der Waals surface area contributed by atoms with Crippen LogP contribution in [0.15, 0.2) is 67.3 Å². The quantitative estimate of drug-likeness (QED) is 0.581. The number of imidazole rings is 1. The molecule has 0 aliphatic rings. The van der Waals surface area contributed by atoms with Crippen LogP contribution in [0.4, 0.5) is 0 Å². The molecule has 1 N–H and O–H groups in total. The summed E-state index contributed by atoms with van der Waals surface area (Å²) in [5.41, 5.74) is 2.18. The van der Waals surface area contributed by atoms with Gasteiger partial charge in [-0.15, -0.1) is 0 Å². The van der Waals surface area contributed by atoms with Crippen molar-refractivity contribution in [2.75, 3.05) is 0 Å². The van der Waals surface area contributed by atoms with E-state index < -0.39 is 0 Å². The van der Waals surface area contributed by atoms with Crippen LogP contribution in [0.1, 0.15) is 30.1 Å². The summed E-state index contributed by atoms with van der Waals surface area (Å²) in [6.45, 7) is 2.98. The monoisotopic (exact) mass is 344 g/mol. The second-order valence-electron chi connectivity index (χ2n) is 6.21. The van der Waals surface area contributed by atoms with Crippen LogP contribution in [0.3, 0.4) is 0 Å². The van der Waals surface area contributed by atoms with Crippen molar-refractivity contribution >= 4 is 0 Å². The first-order chi connectivity index (χ1) is 12.8. The number of hydrogen-bond donors (Lipinski definition) is 1. The zero-order chi connectivity index (χ0) is 17.8. The molecule has 0 radical (unpaired) electrons. The standard InChI is InChI=1S/C20H20N6/c1-15(16-6-3-2-4-7-16)20-22-11-13-26(20)12-9-18-23-19(25-24-18)17-8-5-10-21-14-17/h2-8,10-11,13-15H,9,12H2,1H3,(H,23,24,25)/t15-/m0/s1. The zero-order valence-corrected chi connectivity index (χ0v) is 14.6. The molecular weight excluding hydrogens is 324 g/mol. The SMILES string of the molecule is C[C@@H](c1ccccc1)c1nccn1CCc1nc(-c2cccnc2)n[nH]1. The summed E-state index contributed by atoms with van der Waals surface area (Å²) in [5.74, 6) is 2.84. The summed E-state index contributed by atoms with van der Waals surface area (Å²) in [6, 6.07) is 14.3. The van der Waals surface area contributed by atoms with Crippen molar-refractivity contribution in [1.82, 2.24) is 29.7 Å². The van der Waals surface area contributed by atoms with Crippen molar-refractivity contribution in [3.05, 3.63) is 84.5 Å². The number of pyridine rings is 1. The Morgan fingerprint density at radius 3 is 2.77 bits per heavy atom. The van der Waals surface area contributed by atoms with Gasteiger partial charge >= 0.3 is 0 Å². The Balaban J connectivity index is 1.47. The van der Waals surface area contributed by atoms with E-state index in [1.807, 2.05) is 30.6 Å². The third-order valence-corrected chi connectivity index (χ3v) is 4.48. The van der Waals surface area contributed by atoms with Crippen LogP contribution < -0.4 is 0 Å². The number of aromatic nitrogens is 6. The van der Waals surface area contributed by atoms with Gasteiger partial charge in [0.15, 0.2) is 5.82 Å². The minimum atomic E-state index is 0.242. The number of benzene rings is 1. The van der Waals surface area contributed by atoms with Crippen molar-refractivity contribution in [2.24, 2.45) is 0 Å². The van der Waals surface area contributed by atoms with Crippen LogP contribution in [0.2, 0.25) is 0 Å². The van der Waals surface area contributed by atoms with Crippen molar-refractivity contribution in [3.8, 4) is 11.4 Å². The maximum atomic E-state index is 4.57. The molecule has 0 fully saturated rings. The molecule has 6 heteroatoms. The molecule has 0 bridgehead atoms. The molecule has 4 rings (SSSR count). The lowest BCUT2D eigenvalue weighted by Crippen LogP contribution is -2.10. The van der Waals surface area contributed by atoms with E-state index in [1.54, 1.807) is 12.4 Å². The van der Waals surface area contributed by atoms with Crippen LogP contribution in [0.25, 0.3) is 11.4 Å². The van der Waals surface area contributed by atoms with Crippen molar-refractivity contribution < 1.29 is 0 Å². The third kappa shape index (κ3) is 3.39. The molecule has 130 valence electrons. The molecular formula is C20H20N6. The Kier molecular flexibility index (Phi) is 4.55. The molecule has 1 atom stereocenters. The smallest absolute Gasteiger partial charge is 0.182 e. The number of nitrogens with zero attached hydrogens (tertiary/aromatic N) is 5. The van der Waals surface area contributed by atoms with E-state index >= 15 is 0 Å². The minimum absolute atomic E-state index is 0.242. The molecule has 0 spiro atoms. The van der Waals surface area contributed by atoms with E-state index in [9.17, 15) is 0 Å². The lowest BCUT2D eigenvalue weighted by molar-refractivity contribution is 0.619. The predicted molar refractivity (Wildman–Crippen MR) is 99.5 cm³/mol. The van der Waals surface area contributed by atoms with E-state index in [2.05, 4.69) is 60.9 Å². The van der Waals surface area contributed by atoms with Gasteiger partial charge < -0.3 is 4.57 Å². The van der Waals surface area contributed by atoms with E-state index in [-0.39, 0.29) is 5.92 Å². The first kappa shape index (κ1) is 16.2. The van der Waals surface area contributed by atoms with Crippen LogP contribution in [-0.4, -0.2) is 29.7 Å². The van der Waals surface area contributed by atoms with Gasteiger partial charge in [-0.25, -0.2) is 9.97 Å². The summed E-state index contributed by atoms with van der Waals surface area (Å²) >= 11 is 0. The second kappa shape index (κ2) is 7.31. The topological polar surface area (TPSA) is 72.3 Å². The molecule has 3 heterocycles. The van der Waals surface area contributed by atoms with Crippen molar-refractivity contribution in [1.29, 1.82) is 0 Å². The normalized spacial score (nSPS) is 12.2. The van der Waals surface area contributed by atoms with E-state index in [1.165, 1.54) is 5.56 Å². The van der Waals surface area contributed by atoms with Gasteiger partial charge in [-0.2, -0.15) is 5.10 Å². The summed E-state index contributed by atoms with van der Waals surface area (Å²) in [7, 11) is 0. The Morgan fingerprint density at radius 2 is 1.96 bits per heavy atom. The fourth-order valence-electron chi connectivity index (χ4n) is 3.04. The van der Waals surface area contributed by atoms with Crippen LogP contribution >= 0.6 is 0 Å². The number of aryl methyl sites for hydroxylation is 2. The third-order valence-electron chi connectivity index (χ3n) is 4.48. The molecule has 0 unspecified atom stereocenters. The van der Waals surface area contributed by atoms with Gasteiger partial charge in [-0.3, -0.25) is 10.1 Å². The Morgan fingerprint density at radius 1 is 1.08 bits per heavy atom. The second-order valence-corrected chi connectivity index (χ2v) is 6.21. The van der Waals surface area contributed by atoms with Crippen LogP contribution in [0.5, 0.6) is 0 Å². The molecule has 6 nitrogen and oxygen atoms in total. The Labute approximate surface area is 152 Å². The van der Waals surface area contributed by atoms with E-state index in [0.717, 1.165) is 30.2 Å². The predicted octanol–water partition coefficient (Wildman–Crippen LogP) is 3.46. The van der Waals surface area contributed by atoms with Crippen LogP contribution in [0, 0.1) is 0 Å². The van der Waals surface area contributed by atoms with Crippen molar-refractivity contribution in [2.45, 2.75) is 25.8 Å². The van der Waals surface area contributed by atoms with Gasteiger partial charge in [0, 0.05) is 49.2 Å². The van der Waals surface area contributed by atoms with Gasteiger partial charge in [0.05, 0.1) is 0 Å². The fourth-order valence-corrected chi connectivity index (χ4v) is 3.04. The molecule has 0 amide bonds. The summed E-state index contributed by atoms with van der Waals surface area (Å²) in [5, 5.41) is 7.31. The lowest BCUT2D eigenvalue weighted by atomic mass is 10.0. The maximum Gasteiger partial charge on any atom is 0.182 e. The first-order valence-corrected chi connectivity index (χ1v) is 8.69. The van der Waals surface area contributed by atoms with E-state index in [4.69, 9.17) is 0 Å². The number of H-pyrrole nitrogens is 1. The van der Waals surface area contributed by atoms with Gasteiger partial charge in [-0.1, -0.05) is 37.3 Å². The molecule has 0 aliphatic carbocycles. The minimum Gasteiger partial charge on any atom is -0.334 e. The Hall–Kier alpha value is -3.28. The summed E-state index contributed by atoms with van der Waals surface area (Å²) < 4.78 is 2.18. The van der Waals surface area contributed by atoms with Crippen molar-refractivity contribution in [3.63, 3.8) is 0 Å². The zero-order valence-electron chi connectivity index (χ0n) is 14.6. The Bertz CT molecular complexity index is 958. The first-order valence-electron chi connectivity index (χ1n) is 8.69. The van der Waals surface area contributed by atoms with Gasteiger partial charge in [0.2, 0.25) is 0 Å². The highest BCUT2D eigenvalue weighted by Gasteiger charge is 2.14. The molecule has 3 aromatic heterocycles. The maximum absolute atomic E-state index is 4.57. The highest BCUT2D eigenvalue weighted by molar-refractivity contribution is 5.52. The number of nitrogens with one attached hydrogen (secondary N) is 1. The summed E-state index contributed by atoms with van der Waals surface area (Å²) in [4.78, 5) is 13.2. The number of rotatable bonds is 6. The molecule has 0 saturated carbocycles. The molecule has 4 aromatic rings. The lowest BCUT2D eigenvalue weighted by Gasteiger charge is -2.14. The average molecular weight is 344 g/mol. The summed E-state index contributed by atoms with van der Waals surface area (Å²) in [6.07, 6.45) is 8.15. The molecule has 1 aromatic carbocycles. The average Bonchev–Trinajstić information content (AvgIpc) is 3.36. The highest BCUT2D eigenvalue weighted by Crippen LogP contribution is 2.22. The van der Waals surface area contributed by atoms with Gasteiger partial charge in [0.25, 0.3) is 0 Å². The van der Waals surface area contributed by atoms with Gasteiger partial charge in [0.1, 0.15) is 11.6 Å². The van der Waals surface area contributed by atoms with Crippen LogP contribution in [-0.2, 0) is 13.0 Å². The molecule has 0 saturated heterocycles. The highest BCUT2D eigenvalue weighted by atomic mass is 15.2. The number of aromatic amines is 1. The number of hydrogen-bond acceptors (Lipinski definition) is 4. The molecule has 26 heavy (non-hydrogen) atoms. The largest absolute Gasteiger partial charge is 0.334 e. The molecule has 0 aliphatic heterocycles. The van der Waals surface area contributed by atoms with E-state index in [0.29, 0.717) is 5.82 Å². The van der Waals surface area contributed by atoms with Gasteiger partial charge in [-0.05, 0) is 17.7 Å². The fraction of sp³-hybridized carbons (Fsp3) is 0.200.